The van der Waals surface area contributed by atoms with E-state index in [2.05, 4.69) is 15.0 Å². The summed E-state index contributed by atoms with van der Waals surface area (Å²) in [6.07, 6.45) is 5.48. The number of aromatic nitrogens is 2. The normalized spacial score (nSPS) is 16.1. The van der Waals surface area contributed by atoms with Crippen molar-refractivity contribution in [3.05, 3.63) is 48.3 Å². The van der Waals surface area contributed by atoms with Gasteiger partial charge in [0, 0.05) is 19.3 Å². The van der Waals surface area contributed by atoms with Crippen LogP contribution in [-0.4, -0.2) is 42.2 Å². The van der Waals surface area contributed by atoms with Crippen molar-refractivity contribution in [1.29, 1.82) is 0 Å². The van der Waals surface area contributed by atoms with Crippen LogP contribution in [0, 0.1) is 0 Å². The highest BCUT2D eigenvalue weighted by atomic mass is 16.5. The molecule has 0 radical (unpaired) electrons. The third-order valence-corrected chi connectivity index (χ3v) is 3.03. The lowest BCUT2D eigenvalue weighted by molar-refractivity contribution is 0.121. The summed E-state index contributed by atoms with van der Waals surface area (Å²) in [5, 5.41) is 4.46. The standard InChI is InChI=1S/C14H16N4O/c1-2-4-13(5-3-1)12-16-18-7-6-15-14(18)17-8-10-19-11-9-17/h1-7,12H,8-11H2/b16-12+. The van der Waals surface area contributed by atoms with E-state index in [1.54, 1.807) is 10.9 Å². The van der Waals surface area contributed by atoms with Crippen LogP contribution in [-0.2, 0) is 4.74 Å². The van der Waals surface area contributed by atoms with Gasteiger partial charge in [0.25, 0.3) is 0 Å². The SMILES string of the molecule is C(=N\n1ccnc1N1CCOCC1)/c1ccccc1. The summed E-state index contributed by atoms with van der Waals surface area (Å²) >= 11 is 0. The van der Waals surface area contributed by atoms with Gasteiger partial charge in [-0.1, -0.05) is 30.3 Å². The maximum atomic E-state index is 5.35. The molecular weight excluding hydrogens is 240 g/mol. The first-order valence-electron chi connectivity index (χ1n) is 6.39. The molecule has 1 fully saturated rings. The molecule has 0 spiro atoms. The van der Waals surface area contributed by atoms with Crippen LogP contribution in [0.1, 0.15) is 5.56 Å². The van der Waals surface area contributed by atoms with Crippen molar-refractivity contribution in [3.63, 3.8) is 0 Å². The van der Waals surface area contributed by atoms with Crippen molar-refractivity contribution in [2.45, 2.75) is 0 Å². The summed E-state index contributed by atoms with van der Waals surface area (Å²) < 4.78 is 7.15. The number of hydrogen-bond acceptors (Lipinski definition) is 4. The van der Waals surface area contributed by atoms with Crippen molar-refractivity contribution < 1.29 is 4.74 Å². The zero-order valence-corrected chi connectivity index (χ0v) is 10.6. The molecule has 1 aliphatic heterocycles. The van der Waals surface area contributed by atoms with Gasteiger partial charge in [0.1, 0.15) is 0 Å². The molecule has 2 aromatic rings. The van der Waals surface area contributed by atoms with Gasteiger partial charge in [-0.2, -0.15) is 5.10 Å². The third kappa shape index (κ3) is 2.82. The largest absolute Gasteiger partial charge is 0.378 e. The fraction of sp³-hybridized carbons (Fsp3) is 0.286. The summed E-state index contributed by atoms with van der Waals surface area (Å²) in [7, 11) is 0. The lowest BCUT2D eigenvalue weighted by Gasteiger charge is -2.27. The average Bonchev–Trinajstić information content (AvgIpc) is 2.95. The van der Waals surface area contributed by atoms with Crippen molar-refractivity contribution in [1.82, 2.24) is 9.66 Å². The number of nitrogens with zero attached hydrogens (tertiary/aromatic N) is 4. The topological polar surface area (TPSA) is 42.7 Å². The van der Waals surface area contributed by atoms with Crippen LogP contribution in [0.4, 0.5) is 5.95 Å². The monoisotopic (exact) mass is 256 g/mol. The van der Waals surface area contributed by atoms with E-state index in [0.29, 0.717) is 0 Å². The zero-order valence-electron chi connectivity index (χ0n) is 10.6. The molecule has 0 amide bonds. The number of imidazole rings is 1. The minimum absolute atomic E-state index is 0.745. The molecule has 0 unspecified atom stereocenters. The highest BCUT2D eigenvalue weighted by molar-refractivity contribution is 5.79. The average molecular weight is 256 g/mol. The van der Waals surface area contributed by atoms with Crippen LogP contribution in [0.2, 0.25) is 0 Å². The Labute approximate surface area is 112 Å². The minimum Gasteiger partial charge on any atom is -0.378 e. The molecule has 3 rings (SSSR count). The molecule has 1 saturated heterocycles. The summed E-state index contributed by atoms with van der Waals surface area (Å²) in [6, 6.07) is 10.0. The van der Waals surface area contributed by atoms with E-state index in [-0.39, 0.29) is 0 Å². The molecule has 1 aromatic heterocycles. The molecule has 2 heterocycles. The lowest BCUT2D eigenvalue weighted by atomic mass is 10.2. The van der Waals surface area contributed by atoms with Crippen LogP contribution >= 0.6 is 0 Å². The van der Waals surface area contributed by atoms with Gasteiger partial charge in [-0.15, -0.1) is 0 Å². The van der Waals surface area contributed by atoms with Gasteiger partial charge in [-0.3, -0.25) is 0 Å². The highest BCUT2D eigenvalue weighted by Gasteiger charge is 2.15. The number of hydrogen-bond donors (Lipinski definition) is 0. The van der Waals surface area contributed by atoms with Gasteiger partial charge in [-0.05, 0) is 5.56 Å². The van der Waals surface area contributed by atoms with E-state index in [0.717, 1.165) is 37.8 Å². The van der Waals surface area contributed by atoms with Gasteiger partial charge in [0.2, 0.25) is 5.95 Å². The third-order valence-electron chi connectivity index (χ3n) is 3.03. The first-order chi connectivity index (χ1) is 9.43. The van der Waals surface area contributed by atoms with Crippen molar-refractivity contribution >= 4 is 12.2 Å². The molecule has 0 aliphatic carbocycles. The Balaban J connectivity index is 1.78. The molecule has 0 atom stereocenters. The van der Waals surface area contributed by atoms with E-state index in [1.807, 2.05) is 42.7 Å². The lowest BCUT2D eigenvalue weighted by Crippen LogP contribution is -2.37. The van der Waals surface area contributed by atoms with Crippen molar-refractivity contribution in [2.75, 3.05) is 31.2 Å². The first-order valence-corrected chi connectivity index (χ1v) is 6.39. The van der Waals surface area contributed by atoms with Crippen LogP contribution in [0.3, 0.4) is 0 Å². The quantitative estimate of drug-likeness (QED) is 0.783. The maximum absolute atomic E-state index is 5.35. The van der Waals surface area contributed by atoms with Gasteiger partial charge >= 0.3 is 0 Å². The van der Waals surface area contributed by atoms with Gasteiger partial charge in [0.15, 0.2) is 0 Å². The van der Waals surface area contributed by atoms with Gasteiger partial charge < -0.3 is 9.64 Å². The van der Waals surface area contributed by atoms with Crippen LogP contribution in [0.5, 0.6) is 0 Å². The number of ether oxygens (including phenoxy) is 1. The Kier molecular flexibility index (Phi) is 3.56. The molecule has 0 N–H and O–H groups in total. The Morgan fingerprint density at radius 2 is 1.95 bits per heavy atom. The Morgan fingerprint density at radius 1 is 1.16 bits per heavy atom. The molecule has 1 aliphatic rings. The minimum atomic E-state index is 0.745. The van der Waals surface area contributed by atoms with E-state index in [9.17, 15) is 0 Å². The van der Waals surface area contributed by atoms with Crippen molar-refractivity contribution in [2.24, 2.45) is 5.10 Å². The molecule has 19 heavy (non-hydrogen) atoms. The predicted octanol–water partition coefficient (Wildman–Crippen LogP) is 1.60. The Bertz CT molecular complexity index is 544. The summed E-state index contributed by atoms with van der Waals surface area (Å²) in [4.78, 5) is 6.56. The van der Waals surface area contributed by atoms with E-state index < -0.39 is 0 Å². The molecule has 0 bridgehead atoms. The van der Waals surface area contributed by atoms with Crippen LogP contribution in [0.15, 0.2) is 47.8 Å². The first kappa shape index (κ1) is 11.9. The second kappa shape index (κ2) is 5.67. The van der Waals surface area contributed by atoms with Crippen LogP contribution in [0.25, 0.3) is 0 Å². The highest BCUT2D eigenvalue weighted by Crippen LogP contribution is 2.13. The summed E-state index contributed by atoms with van der Waals surface area (Å²) in [5.41, 5.74) is 1.07. The molecular formula is C14H16N4O. The summed E-state index contributed by atoms with van der Waals surface area (Å²) in [6.45, 7) is 3.21. The zero-order chi connectivity index (χ0) is 12.9. The maximum Gasteiger partial charge on any atom is 0.226 e. The van der Waals surface area contributed by atoms with E-state index in [1.165, 1.54) is 0 Å². The van der Waals surface area contributed by atoms with Gasteiger partial charge in [0.05, 0.1) is 25.6 Å². The number of morpholine rings is 1. The number of rotatable bonds is 3. The molecule has 98 valence electrons. The molecule has 5 nitrogen and oxygen atoms in total. The second-order valence-corrected chi connectivity index (χ2v) is 4.33. The number of anilines is 1. The van der Waals surface area contributed by atoms with Crippen LogP contribution < -0.4 is 4.90 Å². The molecule has 0 saturated carbocycles. The predicted molar refractivity (Wildman–Crippen MR) is 74.7 cm³/mol. The molecule has 5 heteroatoms. The second-order valence-electron chi connectivity index (χ2n) is 4.33. The van der Waals surface area contributed by atoms with Crippen molar-refractivity contribution in [3.8, 4) is 0 Å². The van der Waals surface area contributed by atoms with Gasteiger partial charge in [-0.25, -0.2) is 9.66 Å². The fourth-order valence-electron chi connectivity index (χ4n) is 2.04. The Morgan fingerprint density at radius 3 is 2.74 bits per heavy atom. The fourth-order valence-corrected chi connectivity index (χ4v) is 2.04. The van der Waals surface area contributed by atoms with E-state index >= 15 is 0 Å². The molecule has 1 aromatic carbocycles. The number of benzene rings is 1. The Hall–Kier alpha value is -2.14. The smallest absolute Gasteiger partial charge is 0.226 e. The summed E-state index contributed by atoms with van der Waals surface area (Å²) in [5.74, 6) is 0.871. The van der Waals surface area contributed by atoms with E-state index in [4.69, 9.17) is 4.74 Å².